The van der Waals surface area contributed by atoms with E-state index in [4.69, 9.17) is 21.7 Å². The quantitative estimate of drug-likeness (QED) is 0.322. The lowest BCUT2D eigenvalue weighted by atomic mass is 10.2. The Kier molecular flexibility index (Phi) is 5.18. The van der Waals surface area contributed by atoms with Gasteiger partial charge in [-0.3, -0.25) is 9.78 Å². The van der Waals surface area contributed by atoms with Gasteiger partial charge in [0.05, 0.1) is 13.3 Å². The first-order valence-corrected chi connectivity index (χ1v) is 7.98. The number of hydrogen-bond acceptors (Lipinski definition) is 7. The summed E-state index contributed by atoms with van der Waals surface area (Å²) in [5.74, 6) is 0.888. The van der Waals surface area contributed by atoms with Gasteiger partial charge >= 0.3 is 5.97 Å². The van der Waals surface area contributed by atoms with E-state index in [0.717, 1.165) is 11.1 Å². The van der Waals surface area contributed by atoms with Crippen molar-refractivity contribution in [2.75, 3.05) is 7.11 Å². The predicted octanol–water partition coefficient (Wildman–Crippen LogP) is 2.82. The van der Waals surface area contributed by atoms with Gasteiger partial charge in [-0.1, -0.05) is 0 Å². The number of esters is 1. The molecule has 0 spiro atoms. The van der Waals surface area contributed by atoms with Crippen LogP contribution in [0.4, 0.5) is 0 Å². The first-order valence-electron chi connectivity index (χ1n) is 7.57. The summed E-state index contributed by atoms with van der Waals surface area (Å²) in [5.41, 5.74) is 1.51. The lowest BCUT2D eigenvalue weighted by Crippen LogP contribution is -2.03. The molecule has 3 rings (SSSR count). The van der Waals surface area contributed by atoms with E-state index in [1.54, 1.807) is 42.9 Å². The van der Waals surface area contributed by atoms with Gasteiger partial charge in [-0.25, -0.2) is 5.10 Å². The first-order chi connectivity index (χ1) is 12.6. The van der Waals surface area contributed by atoms with E-state index < -0.39 is 5.97 Å². The molecule has 0 radical (unpaired) electrons. The van der Waals surface area contributed by atoms with Gasteiger partial charge in [-0.15, -0.1) is 0 Å². The van der Waals surface area contributed by atoms with E-state index in [0.29, 0.717) is 22.1 Å². The third kappa shape index (κ3) is 3.83. The van der Waals surface area contributed by atoms with Crippen molar-refractivity contribution in [1.82, 2.24) is 19.9 Å². The van der Waals surface area contributed by atoms with Crippen molar-refractivity contribution in [2.45, 2.75) is 6.92 Å². The number of hydrogen-bond donors (Lipinski definition) is 1. The van der Waals surface area contributed by atoms with Gasteiger partial charge in [0.1, 0.15) is 0 Å². The molecule has 0 aliphatic carbocycles. The van der Waals surface area contributed by atoms with E-state index in [1.165, 1.54) is 18.7 Å². The summed E-state index contributed by atoms with van der Waals surface area (Å²) >= 11 is 5.23. The summed E-state index contributed by atoms with van der Waals surface area (Å²) in [6, 6.07) is 8.76. The molecule has 3 aromatic rings. The summed E-state index contributed by atoms with van der Waals surface area (Å²) in [6.07, 6.45) is 4.95. The number of H-pyrrole nitrogens is 1. The van der Waals surface area contributed by atoms with Crippen LogP contribution in [0.3, 0.4) is 0 Å². The van der Waals surface area contributed by atoms with E-state index in [2.05, 4.69) is 20.3 Å². The van der Waals surface area contributed by atoms with Crippen LogP contribution in [-0.2, 0) is 4.79 Å². The Bertz CT molecular complexity index is 1010. The standard InChI is InChI=1S/C17H15N5O3S/c1-11(23)25-14-6-5-12(8-15(14)24-2)9-19-22-16(20-21-17(22)26)13-4-3-7-18-10-13/h3-10H,1-2H3,(H,21,26)/b19-9-. The summed E-state index contributed by atoms with van der Waals surface area (Å²) in [5, 5.41) is 11.3. The molecular formula is C17H15N5O3S. The van der Waals surface area contributed by atoms with Crippen LogP contribution in [-0.4, -0.2) is 39.2 Å². The number of benzene rings is 1. The third-order valence-corrected chi connectivity index (χ3v) is 3.60. The highest BCUT2D eigenvalue weighted by molar-refractivity contribution is 7.71. The van der Waals surface area contributed by atoms with Crippen LogP contribution in [0.2, 0.25) is 0 Å². The van der Waals surface area contributed by atoms with Crippen LogP contribution < -0.4 is 9.47 Å². The maximum absolute atomic E-state index is 11.1. The molecule has 0 fully saturated rings. The molecule has 0 aliphatic rings. The Hall–Kier alpha value is -3.33. The molecule has 2 aromatic heterocycles. The fraction of sp³-hybridized carbons (Fsp3) is 0.118. The van der Waals surface area contributed by atoms with Crippen LogP contribution >= 0.6 is 12.2 Å². The minimum atomic E-state index is -0.421. The number of ether oxygens (including phenoxy) is 2. The number of methoxy groups -OCH3 is 1. The molecule has 0 saturated heterocycles. The molecular weight excluding hydrogens is 354 g/mol. The minimum Gasteiger partial charge on any atom is -0.493 e. The maximum atomic E-state index is 11.1. The highest BCUT2D eigenvalue weighted by atomic mass is 32.1. The molecule has 1 N–H and O–H groups in total. The second-order valence-corrected chi connectivity index (χ2v) is 5.54. The van der Waals surface area contributed by atoms with E-state index in [9.17, 15) is 4.79 Å². The smallest absolute Gasteiger partial charge is 0.308 e. The number of carbonyl (C=O) groups excluding carboxylic acids is 1. The molecule has 9 heteroatoms. The highest BCUT2D eigenvalue weighted by Gasteiger charge is 2.09. The van der Waals surface area contributed by atoms with Crippen LogP contribution in [0.5, 0.6) is 11.5 Å². The maximum Gasteiger partial charge on any atom is 0.308 e. The van der Waals surface area contributed by atoms with Crippen molar-refractivity contribution in [3.05, 3.63) is 53.1 Å². The summed E-state index contributed by atoms with van der Waals surface area (Å²) in [4.78, 5) is 15.2. The van der Waals surface area contributed by atoms with Crippen molar-refractivity contribution in [2.24, 2.45) is 5.10 Å². The van der Waals surface area contributed by atoms with Crippen molar-refractivity contribution in [3.63, 3.8) is 0 Å². The topological polar surface area (TPSA) is 94.4 Å². The Balaban J connectivity index is 1.93. The van der Waals surface area contributed by atoms with E-state index in [-0.39, 0.29) is 0 Å². The van der Waals surface area contributed by atoms with Crippen LogP contribution in [0.15, 0.2) is 47.8 Å². The number of nitrogens with zero attached hydrogens (tertiary/aromatic N) is 4. The van der Waals surface area contributed by atoms with E-state index >= 15 is 0 Å². The molecule has 132 valence electrons. The van der Waals surface area contributed by atoms with Gasteiger partial charge < -0.3 is 9.47 Å². The average Bonchev–Trinajstić information content (AvgIpc) is 3.01. The first kappa shape index (κ1) is 17.5. The van der Waals surface area contributed by atoms with Gasteiger partial charge in [-0.05, 0) is 48.1 Å². The zero-order valence-corrected chi connectivity index (χ0v) is 14.9. The molecule has 0 bridgehead atoms. The van der Waals surface area contributed by atoms with E-state index in [1.807, 2.05) is 6.07 Å². The number of carbonyl (C=O) groups is 1. The van der Waals surface area contributed by atoms with Crippen molar-refractivity contribution < 1.29 is 14.3 Å². The second kappa shape index (κ2) is 7.70. The van der Waals surface area contributed by atoms with Crippen LogP contribution in [0, 0.1) is 4.77 Å². The van der Waals surface area contributed by atoms with Crippen LogP contribution in [0.25, 0.3) is 11.4 Å². The summed E-state index contributed by atoms with van der Waals surface area (Å²) in [7, 11) is 1.50. The number of pyridine rings is 1. The average molecular weight is 369 g/mol. The molecule has 8 nitrogen and oxygen atoms in total. The molecule has 0 amide bonds. The molecule has 0 atom stereocenters. The zero-order valence-electron chi connectivity index (χ0n) is 14.0. The number of aromatic nitrogens is 4. The SMILES string of the molecule is COc1cc(/C=N\n2c(-c3cccnc3)n[nH]c2=S)ccc1OC(C)=O. The fourth-order valence-electron chi connectivity index (χ4n) is 2.21. The molecule has 0 unspecified atom stereocenters. The lowest BCUT2D eigenvalue weighted by Gasteiger charge is -2.08. The summed E-state index contributed by atoms with van der Waals surface area (Å²) < 4.78 is 12.2. The minimum absolute atomic E-state index is 0.341. The van der Waals surface area contributed by atoms with Crippen molar-refractivity contribution >= 4 is 24.4 Å². The predicted molar refractivity (Wildman–Crippen MR) is 97.9 cm³/mol. The lowest BCUT2D eigenvalue weighted by molar-refractivity contribution is -0.132. The zero-order chi connectivity index (χ0) is 18.5. The second-order valence-electron chi connectivity index (χ2n) is 5.15. The number of rotatable bonds is 5. The van der Waals surface area contributed by atoms with Gasteiger partial charge in [0.15, 0.2) is 17.3 Å². The molecule has 2 heterocycles. The molecule has 0 aliphatic heterocycles. The monoisotopic (exact) mass is 369 g/mol. The highest BCUT2D eigenvalue weighted by Crippen LogP contribution is 2.27. The Morgan fingerprint density at radius 1 is 1.35 bits per heavy atom. The normalized spacial score (nSPS) is 10.8. The molecule has 1 aromatic carbocycles. The Labute approximate surface area is 154 Å². The van der Waals surface area contributed by atoms with Gasteiger partial charge in [-0.2, -0.15) is 14.9 Å². The van der Waals surface area contributed by atoms with Crippen molar-refractivity contribution in [3.8, 4) is 22.9 Å². The third-order valence-electron chi connectivity index (χ3n) is 3.33. The van der Waals surface area contributed by atoms with Gasteiger partial charge in [0, 0.05) is 24.9 Å². The number of nitrogens with one attached hydrogen (secondary N) is 1. The largest absolute Gasteiger partial charge is 0.493 e. The Morgan fingerprint density at radius 2 is 2.19 bits per heavy atom. The molecule has 26 heavy (non-hydrogen) atoms. The number of aromatic amines is 1. The van der Waals surface area contributed by atoms with Crippen LogP contribution in [0.1, 0.15) is 12.5 Å². The van der Waals surface area contributed by atoms with Crippen molar-refractivity contribution in [1.29, 1.82) is 0 Å². The molecule has 0 saturated carbocycles. The fourth-order valence-corrected chi connectivity index (χ4v) is 2.39. The Morgan fingerprint density at radius 3 is 2.88 bits per heavy atom. The van der Waals surface area contributed by atoms with Gasteiger partial charge in [0.2, 0.25) is 4.77 Å². The summed E-state index contributed by atoms with van der Waals surface area (Å²) in [6.45, 7) is 1.33. The van der Waals surface area contributed by atoms with Gasteiger partial charge in [0.25, 0.3) is 0 Å².